The minimum absolute atomic E-state index is 0.542. The van der Waals surface area contributed by atoms with Gasteiger partial charge in [-0.15, -0.1) is 0 Å². The largest absolute Gasteiger partial charge is 0.0996 e. The van der Waals surface area contributed by atoms with Gasteiger partial charge in [0.05, 0.1) is 0 Å². The fourth-order valence-electron chi connectivity index (χ4n) is 5.65. The number of allylic oxidation sites excluding steroid dienone is 1. The van der Waals surface area contributed by atoms with Crippen LogP contribution in [0.2, 0.25) is 0 Å². The van der Waals surface area contributed by atoms with E-state index in [0.29, 0.717) is 16.2 Å². The van der Waals surface area contributed by atoms with Gasteiger partial charge in [0, 0.05) is 0 Å². The third-order valence-corrected chi connectivity index (χ3v) is 6.67. The van der Waals surface area contributed by atoms with Crippen molar-refractivity contribution in [1.29, 1.82) is 0 Å². The number of rotatable bonds is 1. The summed E-state index contributed by atoms with van der Waals surface area (Å²) >= 11 is 0. The zero-order valence-corrected chi connectivity index (χ0v) is 10.5. The van der Waals surface area contributed by atoms with E-state index >= 15 is 0 Å². The lowest BCUT2D eigenvalue weighted by atomic mass is 9.59. The van der Waals surface area contributed by atoms with Gasteiger partial charge in [-0.25, -0.2) is 0 Å². The maximum absolute atomic E-state index is 4.33. The number of hydrogen-bond donors (Lipinski definition) is 0. The second-order valence-corrected chi connectivity index (χ2v) is 7.04. The molecule has 0 N–H and O–H groups in total. The second kappa shape index (κ2) is 2.52. The van der Waals surface area contributed by atoms with Crippen LogP contribution in [0.3, 0.4) is 0 Å². The van der Waals surface area contributed by atoms with E-state index in [-0.39, 0.29) is 0 Å². The predicted molar refractivity (Wildman–Crippen MR) is 64.7 cm³/mol. The van der Waals surface area contributed by atoms with E-state index in [4.69, 9.17) is 0 Å². The van der Waals surface area contributed by atoms with E-state index in [0.717, 1.165) is 5.92 Å². The summed E-state index contributed by atoms with van der Waals surface area (Å²) in [6.45, 7) is 11.8. The van der Waals surface area contributed by atoms with Crippen LogP contribution in [0.25, 0.3) is 0 Å². The van der Waals surface area contributed by atoms with Crippen molar-refractivity contribution < 1.29 is 0 Å². The van der Waals surface area contributed by atoms with Gasteiger partial charge < -0.3 is 0 Å². The first-order valence-corrected chi connectivity index (χ1v) is 6.61. The Morgan fingerprint density at radius 2 is 1.93 bits per heavy atom. The van der Waals surface area contributed by atoms with Crippen LogP contribution in [-0.2, 0) is 0 Å². The van der Waals surface area contributed by atoms with E-state index < -0.39 is 0 Å². The molecule has 0 amide bonds. The van der Waals surface area contributed by atoms with Gasteiger partial charge in [0.2, 0.25) is 0 Å². The lowest BCUT2D eigenvalue weighted by molar-refractivity contribution is 0.0726. The molecule has 0 saturated heterocycles. The lowest BCUT2D eigenvalue weighted by Crippen LogP contribution is -2.37. The van der Waals surface area contributed by atoms with Crippen LogP contribution in [0, 0.1) is 22.2 Å². The molecule has 4 bridgehead atoms. The molecule has 0 aromatic rings. The molecule has 0 aromatic heterocycles. The van der Waals surface area contributed by atoms with Crippen molar-refractivity contribution in [2.24, 2.45) is 22.2 Å². The Hall–Kier alpha value is -0.260. The topological polar surface area (TPSA) is 0 Å². The van der Waals surface area contributed by atoms with E-state index in [2.05, 4.69) is 27.4 Å². The molecule has 0 radical (unpaired) electrons. The molecule has 4 atom stereocenters. The molecule has 0 heterocycles. The fraction of sp³-hybridized carbons (Fsp3) is 0.867. The van der Waals surface area contributed by atoms with Crippen LogP contribution in [0.4, 0.5) is 0 Å². The standard InChI is InChI=1S/C15H24/c1-11(2)15-8-5-7-14(4)12(15)6-9-13(14,3)10-15/h12H,1,5-10H2,2-4H3/t12?,13?,14-,15+/m1/s1. The van der Waals surface area contributed by atoms with Crippen molar-refractivity contribution in [3.8, 4) is 0 Å². The quantitative estimate of drug-likeness (QED) is 0.549. The lowest BCUT2D eigenvalue weighted by Gasteiger charge is -2.45. The van der Waals surface area contributed by atoms with Crippen molar-refractivity contribution >= 4 is 0 Å². The first-order valence-electron chi connectivity index (χ1n) is 6.61. The van der Waals surface area contributed by atoms with Gasteiger partial charge in [-0.1, -0.05) is 32.4 Å². The number of hydrogen-bond acceptors (Lipinski definition) is 0. The Kier molecular flexibility index (Phi) is 1.67. The van der Waals surface area contributed by atoms with Gasteiger partial charge in [-0.3, -0.25) is 0 Å². The third kappa shape index (κ3) is 0.867. The molecule has 0 heteroatoms. The Bertz CT molecular complexity index is 329. The molecule has 3 aliphatic rings. The van der Waals surface area contributed by atoms with Gasteiger partial charge in [0.1, 0.15) is 0 Å². The van der Waals surface area contributed by atoms with E-state index in [1.165, 1.54) is 44.1 Å². The molecule has 15 heavy (non-hydrogen) atoms. The molecule has 0 aliphatic heterocycles. The average molecular weight is 204 g/mol. The summed E-state index contributed by atoms with van der Waals surface area (Å²) in [5.41, 5.74) is 3.30. The van der Waals surface area contributed by atoms with Gasteiger partial charge in [-0.05, 0) is 61.2 Å². The summed E-state index contributed by atoms with van der Waals surface area (Å²) in [6, 6.07) is 0. The van der Waals surface area contributed by atoms with Crippen molar-refractivity contribution in [3.05, 3.63) is 12.2 Å². The van der Waals surface area contributed by atoms with Crippen LogP contribution in [-0.4, -0.2) is 0 Å². The van der Waals surface area contributed by atoms with Crippen molar-refractivity contribution in [2.45, 2.75) is 59.3 Å². The summed E-state index contributed by atoms with van der Waals surface area (Å²) in [5.74, 6) is 0.959. The molecule has 84 valence electrons. The summed E-state index contributed by atoms with van der Waals surface area (Å²) < 4.78 is 0. The Balaban J connectivity index is 2.14. The van der Waals surface area contributed by atoms with Crippen molar-refractivity contribution in [3.63, 3.8) is 0 Å². The molecular formula is C15H24. The van der Waals surface area contributed by atoms with Crippen LogP contribution in [0.1, 0.15) is 59.3 Å². The van der Waals surface area contributed by atoms with Gasteiger partial charge in [0.25, 0.3) is 0 Å². The Morgan fingerprint density at radius 1 is 1.20 bits per heavy atom. The minimum atomic E-state index is 0.542. The molecule has 0 aromatic carbocycles. The Labute approximate surface area is 94.1 Å². The first-order chi connectivity index (χ1) is 6.95. The maximum Gasteiger partial charge on any atom is -0.00545 e. The molecule has 2 unspecified atom stereocenters. The summed E-state index contributed by atoms with van der Waals surface area (Å²) in [6.07, 6.45) is 8.73. The fourth-order valence-corrected chi connectivity index (χ4v) is 5.65. The predicted octanol–water partition coefficient (Wildman–Crippen LogP) is 4.56. The molecule has 3 aliphatic carbocycles. The highest BCUT2D eigenvalue weighted by molar-refractivity contribution is 5.27. The van der Waals surface area contributed by atoms with Crippen LogP contribution in [0.15, 0.2) is 12.2 Å². The average Bonchev–Trinajstić information content (AvgIpc) is 2.45. The molecule has 3 saturated carbocycles. The smallest absolute Gasteiger partial charge is 0.00545 e. The van der Waals surface area contributed by atoms with Crippen molar-refractivity contribution in [2.75, 3.05) is 0 Å². The van der Waals surface area contributed by atoms with Crippen LogP contribution in [0.5, 0.6) is 0 Å². The highest BCUT2D eigenvalue weighted by Crippen LogP contribution is 2.78. The zero-order chi connectivity index (χ0) is 10.9. The minimum Gasteiger partial charge on any atom is -0.0996 e. The molecule has 3 rings (SSSR count). The molecule has 3 fully saturated rings. The highest BCUT2D eigenvalue weighted by Gasteiger charge is 2.69. The van der Waals surface area contributed by atoms with E-state index in [9.17, 15) is 0 Å². The molecule has 0 nitrogen and oxygen atoms in total. The highest BCUT2D eigenvalue weighted by atomic mass is 14.7. The van der Waals surface area contributed by atoms with Gasteiger partial charge in [0.15, 0.2) is 0 Å². The van der Waals surface area contributed by atoms with Crippen LogP contribution < -0.4 is 0 Å². The van der Waals surface area contributed by atoms with Crippen LogP contribution >= 0.6 is 0 Å². The van der Waals surface area contributed by atoms with E-state index in [1.807, 2.05) is 0 Å². The SMILES string of the molecule is C=C(C)[C@@]12CCC[C@]3(C)C1CCC3(C)C2. The molecular weight excluding hydrogens is 180 g/mol. The zero-order valence-electron chi connectivity index (χ0n) is 10.5. The van der Waals surface area contributed by atoms with Gasteiger partial charge >= 0.3 is 0 Å². The normalized spacial score (nSPS) is 57.1. The van der Waals surface area contributed by atoms with Gasteiger partial charge in [-0.2, -0.15) is 0 Å². The summed E-state index contributed by atoms with van der Waals surface area (Å²) in [5, 5.41) is 0. The summed E-state index contributed by atoms with van der Waals surface area (Å²) in [7, 11) is 0. The Morgan fingerprint density at radius 3 is 2.53 bits per heavy atom. The van der Waals surface area contributed by atoms with E-state index in [1.54, 1.807) is 0 Å². The molecule has 0 spiro atoms. The second-order valence-electron chi connectivity index (χ2n) is 7.04. The van der Waals surface area contributed by atoms with Crippen molar-refractivity contribution in [1.82, 2.24) is 0 Å². The maximum atomic E-state index is 4.33. The summed E-state index contributed by atoms with van der Waals surface area (Å²) in [4.78, 5) is 0. The monoisotopic (exact) mass is 204 g/mol. The third-order valence-electron chi connectivity index (χ3n) is 6.67. The first kappa shape index (κ1) is 9.93.